The van der Waals surface area contributed by atoms with E-state index in [0.717, 1.165) is 0 Å². The molecule has 2 aliphatic heterocycles. The van der Waals surface area contributed by atoms with E-state index >= 15 is 0 Å². The summed E-state index contributed by atoms with van der Waals surface area (Å²) in [5.74, 6) is -1.65. The molecule has 2 atom stereocenters. The van der Waals surface area contributed by atoms with E-state index in [4.69, 9.17) is 10.5 Å². The van der Waals surface area contributed by atoms with Crippen molar-refractivity contribution in [3.8, 4) is 18.0 Å². The zero-order valence-electron chi connectivity index (χ0n) is 23.8. The number of carbonyl (C=O) groups is 1. The summed E-state index contributed by atoms with van der Waals surface area (Å²) in [7, 11) is 0. The molecule has 0 radical (unpaired) electrons. The highest BCUT2D eigenvalue weighted by molar-refractivity contribution is 8.02. The van der Waals surface area contributed by atoms with E-state index in [1.54, 1.807) is 49.6 Å². The number of amides is 1. The fraction of sp³-hybridized carbons (Fsp3) is 0.121. The Morgan fingerprint density at radius 3 is 2.49 bits per heavy atom. The molecule has 12 heteroatoms. The van der Waals surface area contributed by atoms with Gasteiger partial charge in [0, 0.05) is 35.1 Å². The first-order valence-electron chi connectivity index (χ1n) is 13.8. The molecule has 2 aromatic heterocycles. The molecule has 2 aliphatic rings. The minimum atomic E-state index is -0.685. The molecule has 0 saturated carbocycles. The number of benzene rings is 2. The smallest absolute Gasteiger partial charge is 0.254 e. The number of carbonyl (C=O) groups excluding carboxylic acids is 1. The summed E-state index contributed by atoms with van der Waals surface area (Å²) in [6, 6.07) is 23.0. The van der Waals surface area contributed by atoms with E-state index < -0.39 is 17.7 Å². The summed E-state index contributed by atoms with van der Waals surface area (Å²) in [5, 5.41) is 34.5. The fourth-order valence-electron chi connectivity index (χ4n) is 5.48. The Hall–Kier alpha value is -5.85. The van der Waals surface area contributed by atoms with Crippen molar-refractivity contribution in [2.75, 3.05) is 5.32 Å². The van der Waals surface area contributed by atoms with Gasteiger partial charge < -0.3 is 21.1 Å². The molecule has 0 fully saturated rings. The van der Waals surface area contributed by atoms with Gasteiger partial charge in [-0.3, -0.25) is 14.9 Å². The maximum atomic E-state index is 13.8. The highest BCUT2D eigenvalue weighted by Crippen LogP contribution is 2.45. The maximum Gasteiger partial charge on any atom is 0.254 e. The number of rotatable bonds is 7. The first-order chi connectivity index (χ1) is 21.9. The van der Waals surface area contributed by atoms with Crippen molar-refractivity contribution in [2.24, 2.45) is 5.73 Å². The number of nitrogens with zero attached hydrogens (tertiary/aromatic N) is 4. The van der Waals surface area contributed by atoms with Crippen LogP contribution in [0.4, 0.5) is 10.1 Å². The largest absolute Gasteiger partial charge is 0.420 e. The Morgan fingerprint density at radius 2 is 1.80 bits per heavy atom. The Morgan fingerprint density at radius 1 is 1.04 bits per heavy atom. The first kappa shape index (κ1) is 29.2. The number of aromatic amines is 1. The van der Waals surface area contributed by atoms with Crippen LogP contribution in [0.2, 0.25) is 0 Å². The van der Waals surface area contributed by atoms with Crippen LogP contribution in [0.3, 0.4) is 0 Å². The number of nitriles is 2. The van der Waals surface area contributed by atoms with E-state index in [2.05, 4.69) is 38.0 Å². The number of H-pyrrole nitrogens is 1. The van der Waals surface area contributed by atoms with Crippen LogP contribution in [0.5, 0.6) is 5.88 Å². The molecule has 0 saturated heterocycles. The Kier molecular flexibility index (Phi) is 8.06. The van der Waals surface area contributed by atoms with Gasteiger partial charge in [0.15, 0.2) is 0 Å². The van der Waals surface area contributed by atoms with Crippen LogP contribution in [-0.2, 0) is 10.5 Å². The zero-order valence-corrected chi connectivity index (χ0v) is 24.7. The molecule has 2 unspecified atom stereocenters. The zero-order chi connectivity index (χ0) is 31.5. The molecule has 1 amide bonds. The normalized spacial score (nSPS) is 17.5. The number of fused-ring (bicyclic) bond motifs is 1. The van der Waals surface area contributed by atoms with Crippen molar-refractivity contribution in [2.45, 2.75) is 24.5 Å². The van der Waals surface area contributed by atoms with Crippen LogP contribution in [0.1, 0.15) is 41.1 Å². The highest BCUT2D eigenvalue weighted by atomic mass is 32.2. The van der Waals surface area contributed by atoms with E-state index in [0.29, 0.717) is 49.9 Å². The van der Waals surface area contributed by atoms with Gasteiger partial charge in [0.25, 0.3) is 5.91 Å². The van der Waals surface area contributed by atoms with E-state index in [1.807, 2.05) is 24.3 Å². The fourth-order valence-corrected chi connectivity index (χ4v) is 6.53. The second-order valence-electron chi connectivity index (χ2n) is 10.2. The molecule has 10 nitrogen and oxygen atoms in total. The minimum Gasteiger partial charge on any atom is -0.420 e. The van der Waals surface area contributed by atoms with E-state index in [1.165, 1.54) is 23.9 Å². The number of thioether (sulfide) groups is 1. The van der Waals surface area contributed by atoms with Crippen LogP contribution < -0.4 is 21.1 Å². The maximum absolute atomic E-state index is 13.8. The van der Waals surface area contributed by atoms with E-state index in [-0.39, 0.29) is 29.0 Å². The van der Waals surface area contributed by atoms with Crippen molar-refractivity contribution in [3.63, 3.8) is 0 Å². The highest BCUT2D eigenvalue weighted by Gasteiger charge is 2.37. The monoisotopic (exact) mass is 616 g/mol. The third kappa shape index (κ3) is 5.62. The average molecular weight is 617 g/mol. The van der Waals surface area contributed by atoms with Gasteiger partial charge in [0.2, 0.25) is 11.8 Å². The lowest BCUT2D eigenvalue weighted by atomic mass is 9.83. The molecule has 4 aromatic rings. The summed E-state index contributed by atoms with van der Waals surface area (Å²) in [6.07, 6.45) is 3.28. The second kappa shape index (κ2) is 12.4. The molecule has 0 aliphatic carbocycles. The molecule has 5 N–H and O–H groups in total. The van der Waals surface area contributed by atoms with Crippen LogP contribution in [0, 0.1) is 28.5 Å². The van der Waals surface area contributed by atoms with Crippen molar-refractivity contribution in [1.29, 1.82) is 10.5 Å². The summed E-state index contributed by atoms with van der Waals surface area (Å²) in [6.45, 7) is 1.79. The van der Waals surface area contributed by atoms with Crippen molar-refractivity contribution in [1.82, 2.24) is 20.5 Å². The van der Waals surface area contributed by atoms with Gasteiger partial charge in [-0.2, -0.15) is 10.5 Å². The quantitative estimate of drug-likeness (QED) is 0.212. The third-order valence-electron chi connectivity index (χ3n) is 7.52. The number of ether oxygens (including phenoxy) is 1. The van der Waals surface area contributed by atoms with Gasteiger partial charge in [-0.15, -0.1) is 16.9 Å². The number of nitrogens with one attached hydrogen (secondary N) is 3. The Bertz CT molecular complexity index is 1960. The standard InChI is InChI=1S/C33H25FN8O2S/c1-18-26(31(43)40-22-7-3-2-4-8-22)28(20-6-5-13-38-16-20)24(15-36)33(39-18)45-17-25-29-27(19-9-11-21(34)12-10-19)23(14-35)30(37)44-32(29)42-41-25/h2-13,16,27-28,39H,17,37H2,1H3,(H,40,43)(H,41,42). The van der Waals surface area contributed by atoms with Crippen LogP contribution in [0.15, 0.2) is 112 Å². The minimum absolute atomic E-state index is 0.0742. The molecule has 6 rings (SSSR count). The lowest BCUT2D eigenvalue weighted by Gasteiger charge is -2.30. The molecular formula is C33H25FN8O2S. The molecular weight excluding hydrogens is 591 g/mol. The number of nitrogens with two attached hydrogens (primary N) is 1. The van der Waals surface area contributed by atoms with Crippen LogP contribution in [0.25, 0.3) is 0 Å². The van der Waals surface area contributed by atoms with Crippen LogP contribution >= 0.6 is 11.8 Å². The predicted molar refractivity (Wildman–Crippen MR) is 166 cm³/mol. The number of pyridine rings is 1. The van der Waals surface area contributed by atoms with Crippen molar-refractivity contribution in [3.05, 3.63) is 141 Å². The number of hydrogen-bond donors (Lipinski definition) is 4. The lowest BCUT2D eigenvalue weighted by Crippen LogP contribution is -2.30. The number of anilines is 1. The number of aromatic nitrogens is 3. The summed E-state index contributed by atoms with van der Waals surface area (Å²) >= 11 is 1.33. The number of dihydropyridines is 1. The molecule has 0 bridgehead atoms. The van der Waals surface area contributed by atoms with E-state index in [9.17, 15) is 19.7 Å². The number of hydrogen-bond acceptors (Lipinski definition) is 9. The summed E-state index contributed by atoms with van der Waals surface area (Å²) in [4.78, 5) is 17.9. The Labute approximate surface area is 262 Å². The number of halogens is 1. The molecule has 4 heterocycles. The average Bonchev–Trinajstić information content (AvgIpc) is 3.46. The molecule has 222 valence electrons. The number of allylic oxidation sites excluding steroid dienone is 3. The van der Waals surface area contributed by atoms with Crippen LogP contribution in [-0.4, -0.2) is 21.1 Å². The molecule has 45 heavy (non-hydrogen) atoms. The lowest BCUT2D eigenvalue weighted by molar-refractivity contribution is -0.113. The molecule has 2 aromatic carbocycles. The SMILES string of the molecule is CC1=C(C(=O)Nc2ccccc2)C(c2cccnc2)C(C#N)=C(SCc2[nH]nc3c2C(c2ccc(F)cc2)C(C#N)=C(N)O3)N1. The second-order valence-corrected chi connectivity index (χ2v) is 11.2. The topological polar surface area (TPSA) is 166 Å². The first-order valence-corrected chi connectivity index (χ1v) is 14.8. The van der Waals surface area contributed by atoms with Gasteiger partial charge in [0.1, 0.15) is 17.5 Å². The predicted octanol–water partition coefficient (Wildman–Crippen LogP) is 5.43. The number of para-hydroxylation sites is 1. The van der Waals surface area contributed by atoms with Gasteiger partial charge >= 0.3 is 0 Å². The van der Waals surface area contributed by atoms with Gasteiger partial charge in [-0.1, -0.05) is 36.4 Å². The summed E-state index contributed by atoms with van der Waals surface area (Å²) < 4.78 is 19.5. The van der Waals surface area contributed by atoms with Gasteiger partial charge in [-0.05, 0) is 48.4 Å². The molecule has 0 spiro atoms. The summed E-state index contributed by atoms with van der Waals surface area (Å²) in [5.41, 5.74) is 10.8. The van der Waals surface area contributed by atoms with Gasteiger partial charge in [0.05, 0.1) is 39.8 Å². The Balaban J connectivity index is 1.35. The third-order valence-corrected chi connectivity index (χ3v) is 8.57. The van der Waals surface area contributed by atoms with Crippen molar-refractivity contribution >= 4 is 23.4 Å². The van der Waals surface area contributed by atoms with Crippen molar-refractivity contribution < 1.29 is 13.9 Å². The van der Waals surface area contributed by atoms with Gasteiger partial charge in [-0.25, -0.2) is 4.39 Å².